The Labute approximate surface area is 101 Å². The molecule has 1 aromatic heterocycles. The van der Waals surface area contributed by atoms with Crippen LogP contribution in [0.1, 0.15) is 24.8 Å². The van der Waals surface area contributed by atoms with Crippen LogP contribution < -0.4 is 4.74 Å². The van der Waals surface area contributed by atoms with Crippen molar-refractivity contribution < 1.29 is 9.53 Å². The summed E-state index contributed by atoms with van der Waals surface area (Å²) in [6.45, 7) is 2.05. The predicted molar refractivity (Wildman–Crippen MR) is 68.6 cm³/mol. The Hall–Kier alpha value is -1.77. The van der Waals surface area contributed by atoms with Gasteiger partial charge in [0, 0.05) is 36.1 Å². The Kier molecular flexibility index (Phi) is 3.18. The van der Waals surface area contributed by atoms with E-state index in [2.05, 4.69) is 17.6 Å². The number of hydrogen-bond acceptors (Lipinski definition) is 2. The van der Waals surface area contributed by atoms with Crippen LogP contribution in [0.15, 0.2) is 24.4 Å². The second-order valence-electron chi connectivity index (χ2n) is 4.34. The van der Waals surface area contributed by atoms with E-state index in [4.69, 9.17) is 4.74 Å². The highest BCUT2D eigenvalue weighted by Crippen LogP contribution is 2.35. The van der Waals surface area contributed by atoms with Gasteiger partial charge in [-0.25, -0.2) is 0 Å². The number of benzene rings is 1. The lowest BCUT2D eigenvalue weighted by Crippen LogP contribution is -1.99. The molecule has 2 aromatic rings. The number of ether oxygens (including phenoxy) is 1. The van der Waals surface area contributed by atoms with E-state index in [9.17, 15) is 4.79 Å². The Bertz CT molecular complexity index is 542. The molecule has 0 N–H and O–H groups in total. The van der Waals surface area contributed by atoms with Crippen LogP contribution in [0.4, 0.5) is 0 Å². The highest BCUT2D eigenvalue weighted by molar-refractivity contribution is 5.86. The first kappa shape index (κ1) is 11.7. The number of aryl methyl sites for hydroxylation is 1. The van der Waals surface area contributed by atoms with Gasteiger partial charge in [0.15, 0.2) is 0 Å². The topological polar surface area (TPSA) is 31.2 Å². The van der Waals surface area contributed by atoms with Crippen LogP contribution in [0.3, 0.4) is 0 Å². The standard InChI is InChI=1S/C14H17NO2/c1-10(7-9-16)14-11-6-8-15(2)12(11)4-5-13(14)17-3/h4-6,8-10H,7H2,1-3H3. The summed E-state index contributed by atoms with van der Waals surface area (Å²) in [6, 6.07) is 6.10. The van der Waals surface area contributed by atoms with Crippen LogP contribution in [0, 0.1) is 0 Å². The van der Waals surface area contributed by atoms with Gasteiger partial charge in [0.2, 0.25) is 0 Å². The van der Waals surface area contributed by atoms with Crippen LogP contribution in [0.5, 0.6) is 5.75 Å². The molecule has 90 valence electrons. The Morgan fingerprint density at radius 2 is 2.18 bits per heavy atom. The van der Waals surface area contributed by atoms with Gasteiger partial charge >= 0.3 is 0 Å². The molecule has 0 amide bonds. The molecule has 0 aliphatic heterocycles. The van der Waals surface area contributed by atoms with Crippen LogP contribution in [-0.2, 0) is 11.8 Å². The first-order valence-electron chi connectivity index (χ1n) is 5.74. The first-order chi connectivity index (χ1) is 8.19. The number of aromatic nitrogens is 1. The molecule has 1 atom stereocenters. The second-order valence-corrected chi connectivity index (χ2v) is 4.34. The molecule has 0 bridgehead atoms. The minimum absolute atomic E-state index is 0.175. The Morgan fingerprint density at radius 3 is 2.82 bits per heavy atom. The van der Waals surface area contributed by atoms with Crippen molar-refractivity contribution in [3.05, 3.63) is 30.0 Å². The van der Waals surface area contributed by atoms with Crippen LogP contribution >= 0.6 is 0 Å². The Balaban J connectivity index is 2.66. The van der Waals surface area contributed by atoms with E-state index in [1.54, 1.807) is 7.11 Å². The third kappa shape index (κ3) is 1.93. The Morgan fingerprint density at radius 1 is 1.41 bits per heavy atom. The molecule has 0 fully saturated rings. The fourth-order valence-corrected chi connectivity index (χ4v) is 2.30. The normalized spacial score (nSPS) is 12.6. The average molecular weight is 231 g/mol. The van der Waals surface area contributed by atoms with Gasteiger partial charge in [0.1, 0.15) is 12.0 Å². The zero-order chi connectivity index (χ0) is 12.4. The summed E-state index contributed by atoms with van der Waals surface area (Å²) < 4.78 is 7.48. The molecule has 17 heavy (non-hydrogen) atoms. The molecule has 0 saturated heterocycles. The highest BCUT2D eigenvalue weighted by atomic mass is 16.5. The van der Waals surface area contributed by atoms with Crippen molar-refractivity contribution in [2.24, 2.45) is 7.05 Å². The summed E-state index contributed by atoms with van der Waals surface area (Å²) >= 11 is 0. The molecule has 1 unspecified atom stereocenters. The molecule has 2 rings (SSSR count). The van der Waals surface area contributed by atoms with Gasteiger partial charge in [-0.05, 0) is 24.1 Å². The van der Waals surface area contributed by atoms with Crippen LogP contribution in [-0.4, -0.2) is 18.0 Å². The number of aldehydes is 1. The lowest BCUT2D eigenvalue weighted by molar-refractivity contribution is -0.108. The molecular formula is C14H17NO2. The van der Waals surface area contributed by atoms with Gasteiger partial charge in [-0.15, -0.1) is 0 Å². The quantitative estimate of drug-likeness (QED) is 0.758. The first-order valence-corrected chi connectivity index (χ1v) is 5.74. The fraction of sp³-hybridized carbons (Fsp3) is 0.357. The van der Waals surface area contributed by atoms with E-state index in [-0.39, 0.29) is 5.92 Å². The second kappa shape index (κ2) is 4.62. The fourth-order valence-electron chi connectivity index (χ4n) is 2.30. The van der Waals surface area contributed by atoms with E-state index in [1.165, 1.54) is 10.9 Å². The molecule has 1 heterocycles. The number of methoxy groups -OCH3 is 1. The summed E-state index contributed by atoms with van der Waals surface area (Å²) in [5, 5.41) is 1.17. The van der Waals surface area contributed by atoms with Crippen molar-refractivity contribution in [3.8, 4) is 5.75 Å². The van der Waals surface area contributed by atoms with Crippen molar-refractivity contribution in [1.82, 2.24) is 4.57 Å². The third-order valence-electron chi connectivity index (χ3n) is 3.23. The van der Waals surface area contributed by atoms with E-state index >= 15 is 0 Å². The number of nitrogens with zero attached hydrogens (tertiary/aromatic N) is 1. The third-order valence-corrected chi connectivity index (χ3v) is 3.23. The minimum atomic E-state index is 0.175. The van der Waals surface area contributed by atoms with Crippen molar-refractivity contribution in [2.45, 2.75) is 19.3 Å². The van der Waals surface area contributed by atoms with Gasteiger partial charge < -0.3 is 14.1 Å². The lowest BCUT2D eigenvalue weighted by atomic mass is 9.94. The van der Waals surface area contributed by atoms with E-state index < -0.39 is 0 Å². The maximum Gasteiger partial charge on any atom is 0.123 e. The molecule has 0 aliphatic carbocycles. The van der Waals surface area contributed by atoms with Crippen molar-refractivity contribution in [2.75, 3.05) is 7.11 Å². The maximum absolute atomic E-state index is 10.7. The molecular weight excluding hydrogens is 214 g/mol. The van der Waals surface area contributed by atoms with Crippen molar-refractivity contribution >= 4 is 17.2 Å². The van der Waals surface area contributed by atoms with Crippen LogP contribution in [0.2, 0.25) is 0 Å². The van der Waals surface area contributed by atoms with E-state index in [0.717, 1.165) is 17.6 Å². The summed E-state index contributed by atoms with van der Waals surface area (Å²) in [5.74, 6) is 1.03. The number of fused-ring (bicyclic) bond motifs is 1. The summed E-state index contributed by atoms with van der Waals surface area (Å²) in [7, 11) is 3.68. The molecule has 1 aromatic carbocycles. The van der Waals surface area contributed by atoms with Gasteiger partial charge in [-0.1, -0.05) is 6.92 Å². The minimum Gasteiger partial charge on any atom is -0.496 e. The molecule has 0 aliphatic rings. The SMILES string of the molecule is COc1ccc2c(ccn2C)c1C(C)CC=O. The molecule has 0 radical (unpaired) electrons. The zero-order valence-corrected chi connectivity index (χ0v) is 10.4. The summed E-state index contributed by atoms with van der Waals surface area (Å²) in [5.41, 5.74) is 2.29. The van der Waals surface area contributed by atoms with Crippen molar-refractivity contribution in [3.63, 3.8) is 0 Å². The molecule has 3 heteroatoms. The van der Waals surface area contributed by atoms with Gasteiger partial charge in [0.25, 0.3) is 0 Å². The van der Waals surface area contributed by atoms with Gasteiger partial charge in [0.05, 0.1) is 7.11 Å². The number of carbonyl (C=O) groups is 1. The predicted octanol–water partition coefficient (Wildman–Crippen LogP) is 2.88. The summed E-state index contributed by atoms with van der Waals surface area (Å²) in [4.78, 5) is 10.7. The number of rotatable bonds is 4. The van der Waals surface area contributed by atoms with Gasteiger partial charge in [-0.2, -0.15) is 0 Å². The smallest absolute Gasteiger partial charge is 0.123 e. The monoisotopic (exact) mass is 231 g/mol. The van der Waals surface area contributed by atoms with E-state index in [0.29, 0.717) is 6.42 Å². The summed E-state index contributed by atoms with van der Waals surface area (Å²) in [6.07, 6.45) is 3.51. The largest absolute Gasteiger partial charge is 0.496 e. The molecule has 0 saturated carbocycles. The lowest BCUT2D eigenvalue weighted by Gasteiger charge is -2.15. The number of hydrogen-bond donors (Lipinski definition) is 0. The van der Waals surface area contributed by atoms with E-state index in [1.807, 2.05) is 25.4 Å². The van der Waals surface area contributed by atoms with Crippen LogP contribution in [0.25, 0.3) is 10.9 Å². The van der Waals surface area contributed by atoms with Gasteiger partial charge in [-0.3, -0.25) is 0 Å². The highest BCUT2D eigenvalue weighted by Gasteiger charge is 2.16. The zero-order valence-electron chi connectivity index (χ0n) is 10.4. The molecule has 3 nitrogen and oxygen atoms in total. The average Bonchev–Trinajstić information content (AvgIpc) is 2.70. The molecule has 0 spiro atoms. The maximum atomic E-state index is 10.7. The van der Waals surface area contributed by atoms with Crippen molar-refractivity contribution in [1.29, 1.82) is 0 Å². The number of carbonyl (C=O) groups excluding carboxylic acids is 1.